The van der Waals surface area contributed by atoms with Crippen LogP contribution in [0.5, 0.6) is 0 Å². The number of imidazole rings is 1. The van der Waals surface area contributed by atoms with E-state index >= 15 is 0 Å². The fourth-order valence-electron chi connectivity index (χ4n) is 9.05. The highest BCUT2D eigenvalue weighted by molar-refractivity contribution is 6.00. The summed E-state index contributed by atoms with van der Waals surface area (Å²) in [5.74, 6) is -0.121. The quantitative estimate of drug-likeness (QED) is 0.217. The Kier molecular flexibility index (Phi) is 7.58. The van der Waals surface area contributed by atoms with Crippen molar-refractivity contribution < 1.29 is 14.4 Å². The number of carbonyl (C=O) groups excluding carboxylic acids is 3. The number of hydrogen-bond donors (Lipinski definition) is 3. The minimum Gasteiger partial charge on any atom is -0.371 e. The van der Waals surface area contributed by atoms with Crippen LogP contribution in [0.3, 0.4) is 0 Å². The van der Waals surface area contributed by atoms with Crippen LogP contribution in [-0.4, -0.2) is 94.1 Å². The SMILES string of the molecule is Cn1c(=O)n(C2CCC(=O)NC2=O)c2ccc(N3CC(CN4CCN(c5ccc(-c6cc(-c7cc8c([nH]7)C7(CC7)CNC8=O)ccn6)cc5)CC4)C3)cc21. The van der Waals surface area contributed by atoms with Crippen molar-refractivity contribution in [1.29, 1.82) is 0 Å². The van der Waals surface area contributed by atoms with E-state index in [0.717, 1.165) is 110 Å². The average molecular weight is 726 g/mol. The molecular formula is C41H43N9O4. The number of aryl methyl sites for hydroxylation is 1. The van der Waals surface area contributed by atoms with Crippen LogP contribution in [0.2, 0.25) is 0 Å². The lowest BCUT2D eigenvalue weighted by atomic mass is 9.95. The summed E-state index contributed by atoms with van der Waals surface area (Å²) in [6.07, 6.45) is 4.62. The van der Waals surface area contributed by atoms with Crippen molar-refractivity contribution >= 4 is 40.1 Å². The highest BCUT2D eigenvalue weighted by atomic mass is 16.2. The molecule has 3 amide bonds. The molecule has 4 aliphatic heterocycles. The molecule has 0 radical (unpaired) electrons. The van der Waals surface area contributed by atoms with Crippen LogP contribution in [0.1, 0.15) is 47.8 Å². The lowest BCUT2D eigenvalue weighted by molar-refractivity contribution is -0.135. The molecule has 2 aromatic carbocycles. The number of piperazine rings is 1. The molecule has 5 aliphatic rings. The minimum absolute atomic E-state index is 0.00819. The number of carbonyl (C=O) groups is 3. The number of nitrogens with zero attached hydrogens (tertiary/aromatic N) is 6. The van der Waals surface area contributed by atoms with E-state index in [-0.39, 0.29) is 29.3 Å². The molecule has 7 heterocycles. The summed E-state index contributed by atoms with van der Waals surface area (Å²) in [5, 5.41) is 5.44. The molecule has 13 nitrogen and oxygen atoms in total. The number of benzene rings is 2. The van der Waals surface area contributed by atoms with Gasteiger partial charge in [0.2, 0.25) is 11.8 Å². The molecule has 1 saturated carbocycles. The van der Waals surface area contributed by atoms with Crippen molar-refractivity contribution in [2.75, 3.05) is 62.2 Å². The molecule has 10 rings (SSSR count). The van der Waals surface area contributed by atoms with Gasteiger partial charge >= 0.3 is 5.69 Å². The van der Waals surface area contributed by atoms with Crippen molar-refractivity contribution in [3.63, 3.8) is 0 Å². The van der Waals surface area contributed by atoms with E-state index in [0.29, 0.717) is 17.9 Å². The number of aromatic amines is 1. The van der Waals surface area contributed by atoms with E-state index in [1.54, 1.807) is 11.6 Å². The maximum atomic E-state index is 13.2. The van der Waals surface area contributed by atoms with E-state index in [4.69, 9.17) is 0 Å². The lowest BCUT2D eigenvalue weighted by Gasteiger charge is -2.45. The molecule has 1 aliphatic carbocycles. The molecule has 54 heavy (non-hydrogen) atoms. The van der Waals surface area contributed by atoms with E-state index in [9.17, 15) is 19.2 Å². The molecule has 276 valence electrons. The third kappa shape index (κ3) is 5.51. The number of pyridine rings is 1. The van der Waals surface area contributed by atoms with Crippen LogP contribution >= 0.6 is 0 Å². The van der Waals surface area contributed by atoms with E-state index in [2.05, 4.69) is 65.6 Å². The largest absolute Gasteiger partial charge is 0.371 e. The summed E-state index contributed by atoms with van der Waals surface area (Å²) in [5.41, 5.74) is 9.48. The first-order valence-electron chi connectivity index (χ1n) is 19.1. The molecule has 13 heteroatoms. The topological polar surface area (TPSA) is 141 Å². The summed E-state index contributed by atoms with van der Waals surface area (Å²) < 4.78 is 3.13. The van der Waals surface area contributed by atoms with Gasteiger partial charge in [-0.2, -0.15) is 0 Å². The summed E-state index contributed by atoms with van der Waals surface area (Å²) in [7, 11) is 1.74. The molecular weight excluding hydrogens is 683 g/mol. The number of imide groups is 1. The number of piperidine rings is 1. The van der Waals surface area contributed by atoms with Gasteiger partial charge in [0.05, 0.1) is 22.3 Å². The van der Waals surface area contributed by atoms with Crippen LogP contribution < -0.4 is 26.1 Å². The van der Waals surface area contributed by atoms with E-state index in [1.807, 2.05) is 36.5 Å². The Labute approximate surface area is 311 Å². The number of rotatable bonds is 7. The Morgan fingerprint density at radius 3 is 2.37 bits per heavy atom. The predicted molar refractivity (Wildman–Crippen MR) is 206 cm³/mol. The first-order chi connectivity index (χ1) is 26.2. The second kappa shape index (κ2) is 12.4. The summed E-state index contributed by atoms with van der Waals surface area (Å²) in [6, 6.07) is 20.1. The van der Waals surface area contributed by atoms with Gasteiger partial charge in [-0.25, -0.2) is 4.79 Å². The van der Waals surface area contributed by atoms with Gasteiger partial charge < -0.3 is 20.1 Å². The normalized spacial score (nSPS) is 21.3. The Hall–Kier alpha value is -5.69. The first-order valence-corrected chi connectivity index (χ1v) is 19.1. The summed E-state index contributed by atoms with van der Waals surface area (Å²) in [6.45, 7) is 7.70. The molecule has 3 N–H and O–H groups in total. The van der Waals surface area contributed by atoms with Gasteiger partial charge in [0.15, 0.2) is 0 Å². The van der Waals surface area contributed by atoms with Crippen LogP contribution in [0.15, 0.2) is 71.7 Å². The van der Waals surface area contributed by atoms with Gasteiger partial charge in [0.25, 0.3) is 5.91 Å². The van der Waals surface area contributed by atoms with Gasteiger partial charge in [0.1, 0.15) is 6.04 Å². The van der Waals surface area contributed by atoms with Crippen molar-refractivity contribution in [1.82, 2.24) is 34.6 Å². The van der Waals surface area contributed by atoms with E-state index in [1.165, 1.54) is 10.3 Å². The van der Waals surface area contributed by atoms with E-state index < -0.39 is 11.9 Å². The van der Waals surface area contributed by atoms with Gasteiger partial charge in [0, 0.05) is 117 Å². The molecule has 1 unspecified atom stereocenters. The summed E-state index contributed by atoms with van der Waals surface area (Å²) >= 11 is 0. The van der Waals surface area contributed by atoms with Crippen LogP contribution in [0, 0.1) is 5.92 Å². The second-order valence-corrected chi connectivity index (χ2v) is 15.8. The zero-order valence-electron chi connectivity index (χ0n) is 30.3. The Balaban J connectivity index is 0.739. The van der Waals surface area contributed by atoms with Crippen LogP contribution in [-0.2, 0) is 22.1 Å². The van der Waals surface area contributed by atoms with Crippen molar-refractivity contribution in [3.05, 3.63) is 88.6 Å². The smallest absolute Gasteiger partial charge is 0.329 e. The number of anilines is 2. The van der Waals surface area contributed by atoms with Crippen molar-refractivity contribution in [2.45, 2.75) is 37.1 Å². The standard InChI is InChI=1S/C41H43N9O4/c1-46-35-19-29(6-7-33(35)50(40(46)54)34-8-9-36(51)45-39(34)53)49-22-25(23-49)21-47-14-16-48(17-15-47)28-4-2-26(3-5-28)31-18-27(10-13-42-31)32-20-30-37(44-32)41(11-12-41)24-43-38(30)52/h2-7,10,13,18-20,25,34,44H,8-9,11-12,14-17,21-24H2,1H3,(H,43,52)(H,45,51,53). The van der Waals surface area contributed by atoms with Gasteiger partial charge in [-0.05, 0) is 67.8 Å². The highest BCUT2D eigenvalue weighted by Gasteiger charge is 2.50. The molecule has 1 spiro atoms. The number of fused-ring (bicyclic) bond motifs is 3. The molecule has 3 saturated heterocycles. The maximum Gasteiger partial charge on any atom is 0.329 e. The maximum absolute atomic E-state index is 13.2. The Morgan fingerprint density at radius 1 is 0.833 bits per heavy atom. The molecule has 4 fully saturated rings. The Morgan fingerprint density at radius 2 is 1.61 bits per heavy atom. The monoisotopic (exact) mass is 725 g/mol. The minimum atomic E-state index is -0.678. The Bertz CT molecular complexity index is 2390. The number of hydrogen-bond acceptors (Lipinski definition) is 8. The molecule has 5 aromatic rings. The lowest BCUT2D eigenvalue weighted by Crippen LogP contribution is -2.55. The third-order valence-corrected chi connectivity index (χ3v) is 12.4. The third-order valence-electron chi connectivity index (χ3n) is 12.4. The number of nitrogens with one attached hydrogen (secondary N) is 3. The highest BCUT2D eigenvalue weighted by Crippen LogP contribution is 2.50. The molecule has 1 atom stereocenters. The van der Waals surface area contributed by atoms with Crippen molar-refractivity contribution in [3.8, 4) is 22.5 Å². The fourth-order valence-corrected chi connectivity index (χ4v) is 9.05. The second-order valence-electron chi connectivity index (χ2n) is 15.8. The number of amides is 3. The summed E-state index contributed by atoms with van der Waals surface area (Å²) in [4.78, 5) is 65.6. The molecule has 0 bridgehead atoms. The predicted octanol–water partition coefficient (Wildman–Crippen LogP) is 3.41. The fraction of sp³-hybridized carbons (Fsp3) is 0.390. The number of H-pyrrole nitrogens is 1. The zero-order valence-corrected chi connectivity index (χ0v) is 30.3. The number of aromatic nitrogens is 4. The van der Waals surface area contributed by atoms with Crippen LogP contribution in [0.4, 0.5) is 11.4 Å². The van der Waals surface area contributed by atoms with Gasteiger partial charge in [-0.15, -0.1) is 0 Å². The van der Waals surface area contributed by atoms with Gasteiger partial charge in [-0.3, -0.25) is 38.7 Å². The zero-order chi connectivity index (χ0) is 36.7. The van der Waals surface area contributed by atoms with Crippen LogP contribution in [0.25, 0.3) is 33.5 Å². The first kappa shape index (κ1) is 32.9. The van der Waals surface area contributed by atoms with Gasteiger partial charge in [-0.1, -0.05) is 12.1 Å². The average Bonchev–Trinajstić information content (AvgIpc) is 3.73. The molecule has 3 aromatic heterocycles. The van der Waals surface area contributed by atoms with Crippen molar-refractivity contribution in [2.24, 2.45) is 13.0 Å².